The van der Waals surface area contributed by atoms with Crippen LogP contribution >= 0.6 is 0 Å². The second-order valence-corrected chi connectivity index (χ2v) is 3.65. The number of hydrogen-bond donors (Lipinski definition) is 1. The van der Waals surface area contributed by atoms with Crippen LogP contribution in [-0.2, 0) is 0 Å². The first-order valence-corrected chi connectivity index (χ1v) is 5.54. The minimum Gasteiger partial charge on any atom is -0.497 e. The summed E-state index contributed by atoms with van der Waals surface area (Å²) in [5.74, 6) is 6.44. The Balaban J connectivity index is 2.11. The van der Waals surface area contributed by atoms with Gasteiger partial charge >= 0.3 is 0 Å². The lowest BCUT2D eigenvalue weighted by Crippen LogP contribution is -1.96. The molecule has 0 amide bonds. The van der Waals surface area contributed by atoms with E-state index in [1.165, 1.54) is 0 Å². The molecule has 2 rings (SSSR count). The lowest BCUT2D eigenvalue weighted by molar-refractivity contribution is 0.233. The molecule has 18 heavy (non-hydrogen) atoms. The molecular formula is C15H13NO2. The fraction of sp³-hybridized carbons (Fsp3) is 0.133. The average molecular weight is 239 g/mol. The average Bonchev–Trinajstić information content (AvgIpc) is 2.46. The van der Waals surface area contributed by atoms with Gasteiger partial charge < -0.3 is 9.84 Å². The minimum absolute atomic E-state index is 0.554. The minimum atomic E-state index is -0.867. The van der Waals surface area contributed by atoms with Gasteiger partial charge in [0.25, 0.3) is 0 Å². The fourth-order valence-corrected chi connectivity index (χ4v) is 1.44. The molecule has 0 spiro atoms. The monoisotopic (exact) mass is 239 g/mol. The number of benzene rings is 1. The second kappa shape index (κ2) is 5.85. The van der Waals surface area contributed by atoms with E-state index in [0.717, 1.165) is 11.3 Å². The molecule has 2 aromatic rings. The highest BCUT2D eigenvalue weighted by atomic mass is 16.5. The largest absolute Gasteiger partial charge is 0.497 e. The molecule has 0 radical (unpaired) electrons. The van der Waals surface area contributed by atoms with E-state index in [0.29, 0.717) is 5.69 Å². The van der Waals surface area contributed by atoms with Crippen molar-refractivity contribution in [2.24, 2.45) is 0 Å². The van der Waals surface area contributed by atoms with E-state index < -0.39 is 6.10 Å². The number of ether oxygens (including phenoxy) is 1. The summed E-state index contributed by atoms with van der Waals surface area (Å²) in [6.45, 7) is 0. The number of aliphatic hydroxyl groups is 1. The Labute approximate surface area is 106 Å². The van der Waals surface area contributed by atoms with Gasteiger partial charge in [0.15, 0.2) is 6.10 Å². The summed E-state index contributed by atoms with van der Waals surface area (Å²) in [4.78, 5) is 4.05. The van der Waals surface area contributed by atoms with E-state index in [1.54, 1.807) is 25.4 Å². The summed E-state index contributed by atoms with van der Waals surface area (Å²) < 4.78 is 5.06. The first-order chi connectivity index (χ1) is 8.79. The van der Waals surface area contributed by atoms with Gasteiger partial charge in [-0.2, -0.15) is 0 Å². The van der Waals surface area contributed by atoms with Crippen LogP contribution in [-0.4, -0.2) is 17.2 Å². The molecular weight excluding hydrogens is 226 g/mol. The van der Waals surface area contributed by atoms with Gasteiger partial charge in [-0.25, -0.2) is 0 Å². The lowest BCUT2D eigenvalue weighted by atomic mass is 10.2. The van der Waals surface area contributed by atoms with Gasteiger partial charge in [0, 0.05) is 11.8 Å². The number of methoxy groups -OCH3 is 1. The highest BCUT2D eigenvalue weighted by Crippen LogP contribution is 2.11. The van der Waals surface area contributed by atoms with Gasteiger partial charge in [0.05, 0.1) is 12.8 Å². The number of pyridine rings is 1. The number of aromatic nitrogens is 1. The van der Waals surface area contributed by atoms with Crippen LogP contribution in [0.3, 0.4) is 0 Å². The van der Waals surface area contributed by atoms with Crippen molar-refractivity contribution >= 4 is 0 Å². The van der Waals surface area contributed by atoms with Crippen molar-refractivity contribution in [1.82, 2.24) is 4.98 Å². The summed E-state index contributed by atoms with van der Waals surface area (Å²) in [6.07, 6.45) is 0.765. The molecule has 1 aromatic carbocycles. The van der Waals surface area contributed by atoms with Gasteiger partial charge in [-0.05, 0) is 36.4 Å². The van der Waals surface area contributed by atoms with Gasteiger partial charge in [0.1, 0.15) is 5.75 Å². The normalized spacial score (nSPS) is 11.2. The Kier molecular flexibility index (Phi) is 3.95. The first kappa shape index (κ1) is 12.2. The molecule has 1 N–H and O–H groups in total. The van der Waals surface area contributed by atoms with Crippen LogP contribution in [0.2, 0.25) is 0 Å². The summed E-state index contributed by atoms with van der Waals surface area (Å²) in [5, 5.41) is 9.82. The Bertz CT molecular complexity index is 553. The Morgan fingerprint density at radius 2 is 1.94 bits per heavy atom. The van der Waals surface area contributed by atoms with Crippen molar-refractivity contribution in [2.75, 3.05) is 7.11 Å². The SMILES string of the molecule is COc1ccc(C#CC(O)c2ccccn2)cc1. The molecule has 0 aliphatic heterocycles. The molecule has 3 nitrogen and oxygen atoms in total. The molecule has 1 unspecified atom stereocenters. The first-order valence-electron chi connectivity index (χ1n) is 5.54. The third kappa shape index (κ3) is 3.09. The maximum absolute atomic E-state index is 9.82. The van der Waals surface area contributed by atoms with Crippen molar-refractivity contribution in [2.45, 2.75) is 6.10 Å². The number of nitrogens with zero attached hydrogens (tertiary/aromatic N) is 1. The summed E-state index contributed by atoms with van der Waals surface area (Å²) in [5.41, 5.74) is 1.38. The predicted molar refractivity (Wildman–Crippen MR) is 69.1 cm³/mol. The van der Waals surface area contributed by atoms with Crippen LogP contribution in [0.5, 0.6) is 5.75 Å². The molecule has 90 valence electrons. The van der Waals surface area contributed by atoms with E-state index in [1.807, 2.05) is 30.3 Å². The molecule has 0 saturated heterocycles. The van der Waals surface area contributed by atoms with Crippen LogP contribution in [0.4, 0.5) is 0 Å². The zero-order valence-electron chi connectivity index (χ0n) is 10.00. The van der Waals surface area contributed by atoms with Gasteiger partial charge in [0.2, 0.25) is 0 Å². The van der Waals surface area contributed by atoms with E-state index in [2.05, 4.69) is 16.8 Å². The van der Waals surface area contributed by atoms with Crippen molar-refractivity contribution < 1.29 is 9.84 Å². The van der Waals surface area contributed by atoms with Crippen LogP contribution in [0.1, 0.15) is 17.4 Å². The van der Waals surface area contributed by atoms with Crippen molar-refractivity contribution in [3.05, 3.63) is 59.9 Å². The maximum atomic E-state index is 9.82. The van der Waals surface area contributed by atoms with Crippen LogP contribution in [0.15, 0.2) is 48.7 Å². The Morgan fingerprint density at radius 3 is 2.56 bits per heavy atom. The highest BCUT2D eigenvalue weighted by Gasteiger charge is 2.02. The Hall–Kier alpha value is -2.31. The smallest absolute Gasteiger partial charge is 0.157 e. The van der Waals surface area contributed by atoms with Crippen LogP contribution < -0.4 is 4.74 Å². The van der Waals surface area contributed by atoms with E-state index in [-0.39, 0.29) is 0 Å². The number of hydrogen-bond acceptors (Lipinski definition) is 3. The standard InChI is InChI=1S/C15H13NO2/c1-18-13-8-5-12(6-9-13)7-10-15(17)14-4-2-3-11-16-14/h2-6,8-9,11,15,17H,1H3. The predicted octanol–water partition coefficient (Wildman–Crippen LogP) is 2.18. The zero-order chi connectivity index (χ0) is 12.8. The fourth-order valence-electron chi connectivity index (χ4n) is 1.44. The van der Waals surface area contributed by atoms with Crippen LogP contribution in [0.25, 0.3) is 0 Å². The van der Waals surface area contributed by atoms with Crippen molar-refractivity contribution in [1.29, 1.82) is 0 Å². The van der Waals surface area contributed by atoms with Crippen molar-refractivity contribution in [3.8, 4) is 17.6 Å². The zero-order valence-corrected chi connectivity index (χ0v) is 10.00. The number of rotatable bonds is 2. The molecule has 0 bridgehead atoms. The van der Waals surface area contributed by atoms with E-state index in [9.17, 15) is 5.11 Å². The molecule has 0 fully saturated rings. The number of aliphatic hydroxyl groups excluding tert-OH is 1. The third-order valence-corrected chi connectivity index (χ3v) is 2.41. The molecule has 0 aliphatic rings. The van der Waals surface area contributed by atoms with E-state index in [4.69, 9.17) is 4.74 Å². The summed E-state index contributed by atoms with van der Waals surface area (Å²) in [7, 11) is 1.62. The second-order valence-electron chi connectivity index (χ2n) is 3.65. The molecule has 0 aliphatic carbocycles. The highest BCUT2D eigenvalue weighted by molar-refractivity contribution is 5.39. The summed E-state index contributed by atoms with van der Waals surface area (Å²) in [6, 6.07) is 12.7. The molecule has 1 atom stereocenters. The van der Waals surface area contributed by atoms with Crippen LogP contribution in [0, 0.1) is 11.8 Å². The quantitative estimate of drug-likeness (QED) is 0.817. The van der Waals surface area contributed by atoms with E-state index >= 15 is 0 Å². The third-order valence-electron chi connectivity index (χ3n) is 2.41. The summed E-state index contributed by atoms with van der Waals surface area (Å²) >= 11 is 0. The Morgan fingerprint density at radius 1 is 1.17 bits per heavy atom. The molecule has 1 aromatic heterocycles. The molecule has 3 heteroatoms. The maximum Gasteiger partial charge on any atom is 0.157 e. The van der Waals surface area contributed by atoms with Gasteiger partial charge in [-0.15, -0.1) is 0 Å². The topological polar surface area (TPSA) is 42.4 Å². The van der Waals surface area contributed by atoms with Gasteiger partial charge in [-0.1, -0.05) is 17.9 Å². The molecule has 0 saturated carbocycles. The van der Waals surface area contributed by atoms with Gasteiger partial charge in [-0.3, -0.25) is 4.98 Å². The molecule has 1 heterocycles. The lowest BCUT2D eigenvalue weighted by Gasteiger charge is -2.01. The van der Waals surface area contributed by atoms with Crippen molar-refractivity contribution in [3.63, 3.8) is 0 Å².